The lowest BCUT2D eigenvalue weighted by Crippen LogP contribution is -2.40. The van der Waals surface area contributed by atoms with Crippen LogP contribution in [0.4, 0.5) is 0 Å². The molecule has 0 unspecified atom stereocenters. The second kappa shape index (κ2) is 7.06. The number of hydrogen-bond donors (Lipinski definition) is 0. The van der Waals surface area contributed by atoms with Gasteiger partial charge in [0.25, 0.3) is 5.56 Å². The number of halogens is 1. The van der Waals surface area contributed by atoms with Crippen molar-refractivity contribution in [3.63, 3.8) is 0 Å². The Labute approximate surface area is 168 Å². The Morgan fingerprint density at radius 3 is 2.57 bits per heavy atom. The highest BCUT2D eigenvalue weighted by atomic mass is 79.9. The maximum Gasteiger partial charge on any atom is 0.332 e. The molecule has 0 fully saturated rings. The molecule has 4 aromatic rings. The molecule has 0 aliphatic heterocycles. The molecule has 4 rings (SSSR count). The number of nitrogens with zero attached hydrogens (tertiary/aromatic N) is 5. The van der Waals surface area contributed by atoms with Crippen molar-refractivity contribution in [1.29, 1.82) is 0 Å². The molecule has 0 saturated heterocycles. The predicted octanol–water partition coefficient (Wildman–Crippen LogP) is 2.25. The molecule has 8 nitrogen and oxygen atoms in total. The fraction of sp³-hybridized carbons (Fsp3) is 0.316. The highest BCUT2D eigenvalue weighted by molar-refractivity contribution is 9.10. The summed E-state index contributed by atoms with van der Waals surface area (Å²) in [6.45, 7) is 4.87. The molecule has 3 heterocycles. The summed E-state index contributed by atoms with van der Waals surface area (Å²) in [6, 6.07) is 7.83. The minimum absolute atomic E-state index is 0.203. The number of imidazole rings is 2. The first-order chi connectivity index (χ1) is 13.4. The summed E-state index contributed by atoms with van der Waals surface area (Å²) in [5.74, 6) is 0.587. The van der Waals surface area contributed by atoms with E-state index in [1.54, 1.807) is 11.4 Å². The number of fused-ring (bicyclic) bond motifs is 3. The summed E-state index contributed by atoms with van der Waals surface area (Å²) in [7, 11) is 1.63. The van der Waals surface area contributed by atoms with Gasteiger partial charge in [-0.1, -0.05) is 15.9 Å². The van der Waals surface area contributed by atoms with Crippen molar-refractivity contribution in [3.8, 4) is 5.69 Å². The summed E-state index contributed by atoms with van der Waals surface area (Å²) in [5.41, 5.74) is 1.84. The fourth-order valence-corrected chi connectivity index (χ4v) is 3.68. The van der Waals surface area contributed by atoms with Gasteiger partial charge in [-0.15, -0.1) is 0 Å². The zero-order valence-corrected chi connectivity index (χ0v) is 17.4. The van der Waals surface area contributed by atoms with Crippen LogP contribution in [-0.2, 0) is 18.3 Å². The number of benzene rings is 1. The maximum atomic E-state index is 13.1. The molecule has 3 aromatic heterocycles. The summed E-state index contributed by atoms with van der Waals surface area (Å²) >= 11 is 3.44. The Balaban J connectivity index is 2.01. The van der Waals surface area contributed by atoms with Crippen molar-refractivity contribution < 1.29 is 4.74 Å². The van der Waals surface area contributed by atoms with E-state index < -0.39 is 5.69 Å². The van der Waals surface area contributed by atoms with E-state index in [0.29, 0.717) is 30.2 Å². The second-order valence-electron chi connectivity index (χ2n) is 6.53. The summed E-state index contributed by atoms with van der Waals surface area (Å²) in [4.78, 5) is 30.4. The van der Waals surface area contributed by atoms with Crippen LogP contribution in [0.5, 0.6) is 0 Å². The van der Waals surface area contributed by atoms with Crippen molar-refractivity contribution in [2.45, 2.75) is 20.4 Å². The predicted molar refractivity (Wildman–Crippen MR) is 110 cm³/mol. The molecular weight excluding hydrogens is 426 g/mol. The molecular formula is C19H20BrN5O3. The molecule has 0 N–H and O–H groups in total. The quantitative estimate of drug-likeness (QED) is 0.441. The Kier molecular flexibility index (Phi) is 4.72. The van der Waals surface area contributed by atoms with Crippen molar-refractivity contribution in [2.24, 2.45) is 7.05 Å². The van der Waals surface area contributed by atoms with Crippen LogP contribution in [0.2, 0.25) is 0 Å². The Morgan fingerprint density at radius 2 is 1.89 bits per heavy atom. The average molecular weight is 446 g/mol. The lowest BCUT2D eigenvalue weighted by molar-refractivity contribution is 0.137. The third kappa shape index (κ3) is 2.82. The number of aryl methyl sites for hydroxylation is 2. The van der Waals surface area contributed by atoms with Crippen molar-refractivity contribution in [3.05, 3.63) is 61.5 Å². The normalized spacial score (nSPS) is 11.7. The molecule has 0 amide bonds. The minimum atomic E-state index is -0.398. The van der Waals surface area contributed by atoms with Gasteiger partial charge in [-0.2, -0.15) is 4.98 Å². The van der Waals surface area contributed by atoms with E-state index in [2.05, 4.69) is 20.9 Å². The molecule has 1 aromatic carbocycles. The van der Waals surface area contributed by atoms with E-state index in [0.717, 1.165) is 15.9 Å². The van der Waals surface area contributed by atoms with Gasteiger partial charge in [0.2, 0.25) is 5.78 Å². The summed E-state index contributed by atoms with van der Waals surface area (Å²) in [5, 5.41) is 0. The van der Waals surface area contributed by atoms with E-state index in [1.165, 1.54) is 9.13 Å². The monoisotopic (exact) mass is 445 g/mol. The summed E-state index contributed by atoms with van der Waals surface area (Å²) in [6.07, 6.45) is 1.87. The van der Waals surface area contributed by atoms with Gasteiger partial charge in [-0.3, -0.25) is 22.9 Å². The number of rotatable bonds is 5. The van der Waals surface area contributed by atoms with Crippen LogP contribution < -0.4 is 11.2 Å². The molecule has 0 bridgehead atoms. The van der Waals surface area contributed by atoms with Crippen LogP contribution in [0.1, 0.15) is 12.6 Å². The van der Waals surface area contributed by atoms with Crippen molar-refractivity contribution in [1.82, 2.24) is 23.1 Å². The van der Waals surface area contributed by atoms with Gasteiger partial charge in [0.15, 0.2) is 11.2 Å². The van der Waals surface area contributed by atoms with Crippen LogP contribution in [0.15, 0.2) is 44.5 Å². The molecule has 0 aliphatic rings. The first-order valence-electron chi connectivity index (χ1n) is 8.97. The highest BCUT2D eigenvalue weighted by Gasteiger charge is 2.20. The Hall–Kier alpha value is -2.65. The van der Waals surface area contributed by atoms with Gasteiger partial charge in [0, 0.05) is 35.7 Å². The van der Waals surface area contributed by atoms with Gasteiger partial charge in [-0.05, 0) is 38.1 Å². The van der Waals surface area contributed by atoms with Crippen LogP contribution in [-0.4, -0.2) is 36.3 Å². The minimum Gasteiger partial charge on any atom is -0.380 e. The van der Waals surface area contributed by atoms with E-state index in [9.17, 15) is 9.59 Å². The molecule has 28 heavy (non-hydrogen) atoms. The van der Waals surface area contributed by atoms with Gasteiger partial charge in [0.1, 0.15) is 0 Å². The second-order valence-corrected chi connectivity index (χ2v) is 7.45. The molecule has 0 radical (unpaired) electrons. The lowest BCUT2D eigenvalue weighted by Gasteiger charge is -2.08. The molecule has 0 saturated carbocycles. The third-order valence-electron chi connectivity index (χ3n) is 4.77. The number of hydrogen-bond acceptors (Lipinski definition) is 4. The van der Waals surface area contributed by atoms with E-state index in [-0.39, 0.29) is 12.1 Å². The van der Waals surface area contributed by atoms with Gasteiger partial charge >= 0.3 is 5.69 Å². The highest BCUT2D eigenvalue weighted by Crippen LogP contribution is 2.22. The topological polar surface area (TPSA) is 75.5 Å². The van der Waals surface area contributed by atoms with E-state index >= 15 is 0 Å². The van der Waals surface area contributed by atoms with Gasteiger partial charge in [-0.25, -0.2) is 4.79 Å². The molecule has 0 spiro atoms. The average Bonchev–Trinajstić information content (AvgIpc) is 3.18. The summed E-state index contributed by atoms with van der Waals surface area (Å²) < 4.78 is 12.6. The standard InChI is InChI=1S/C19H20BrN5O3/c1-4-28-10-9-23-17(26)15-16(22(3)19(23)27)21-18-24(15)11-12(2)25(18)14-7-5-13(20)6-8-14/h5-8,11H,4,9-10H2,1-3H3. The Bertz CT molecular complexity index is 1290. The number of aromatic nitrogens is 5. The zero-order chi connectivity index (χ0) is 20.0. The lowest BCUT2D eigenvalue weighted by atomic mass is 10.3. The van der Waals surface area contributed by atoms with Crippen LogP contribution in [0.3, 0.4) is 0 Å². The van der Waals surface area contributed by atoms with Crippen molar-refractivity contribution >= 4 is 32.9 Å². The first-order valence-corrected chi connectivity index (χ1v) is 9.77. The van der Waals surface area contributed by atoms with Crippen LogP contribution in [0.25, 0.3) is 22.6 Å². The number of ether oxygens (including phenoxy) is 1. The molecule has 9 heteroatoms. The largest absolute Gasteiger partial charge is 0.380 e. The maximum absolute atomic E-state index is 13.1. The van der Waals surface area contributed by atoms with Crippen LogP contribution >= 0.6 is 15.9 Å². The molecule has 146 valence electrons. The first kappa shape index (κ1) is 18.7. The SMILES string of the molecule is CCOCCn1c(=O)c2c(nc3n(-c4ccc(Br)cc4)c(C)cn23)n(C)c1=O. The smallest absolute Gasteiger partial charge is 0.332 e. The van der Waals surface area contributed by atoms with Gasteiger partial charge in [0.05, 0.1) is 13.2 Å². The fourth-order valence-electron chi connectivity index (χ4n) is 3.42. The third-order valence-corrected chi connectivity index (χ3v) is 5.30. The van der Waals surface area contributed by atoms with Crippen molar-refractivity contribution in [2.75, 3.05) is 13.2 Å². The molecule has 0 atom stereocenters. The zero-order valence-electron chi connectivity index (χ0n) is 15.8. The molecule has 0 aliphatic carbocycles. The van der Waals surface area contributed by atoms with E-state index in [4.69, 9.17) is 4.74 Å². The van der Waals surface area contributed by atoms with E-state index in [1.807, 2.05) is 48.9 Å². The van der Waals surface area contributed by atoms with Gasteiger partial charge < -0.3 is 4.74 Å². The Morgan fingerprint density at radius 1 is 1.18 bits per heavy atom. The van der Waals surface area contributed by atoms with Crippen LogP contribution in [0, 0.1) is 6.92 Å².